The van der Waals surface area contributed by atoms with Crippen LogP contribution >= 0.6 is 11.5 Å². The number of rotatable bonds is 6. The minimum atomic E-state index is -0.0909. The van der Waals surface area contributed by atoms with Gasteiger partial charge in [-0.1, -0.05) is 12.1 Å². The molecule has 2 aromatic rings. The Kier molecular flexibility index (Phi) is 6.06. The lowest BCUT2D eigenvalue weighted by molar-refractivity contribution is -0.133. The third-order valence-corrected chi connectivity index (χ3v) is 7.49. The highest BCUT2D eigenvalue weighted by atomic mass is 32.1. The van der Waals surface area contributed by atoms with Crippen molar-refractivity contribution in [2.45, 2.75) is 25.3 Å². The molecule has 3 fully saturated rings. The molecule has 1 N–H and O–H groups in total. The van der Waals surface area contributed by atoms with Crippen LogP contribution in [0, 0.1) is 0 Å². The number of hydrogen-bond donors (Lipinski definition) is 1. The fourth-order valence-electron chi connectivity index (χ4n) is 4.88. The van der Waals surface area contributed by atoms with Crippen LogP contribution < -0.4 is 10.2 Å². The number of hydrogen-bond acceptors (Lipinski definition) is 7. The Morgan fingerprint density at radius 2 is 1.84 bits per heavy atom. The van der Waals surface area contributed by atoms with E-state index in [0.717, 1.165) is 64.5 Å². The van der Waals surface area contributed by atoms with Crippen LogP contribution in [0.2, 0.25) is 0 Å². The number of aromatic nitrogens is 1. The minimum absolute atomic E-state index is 0.0148. The Morgan fingerprint density at radius 1 is 1.03 bits per heavy atom. The van der Waals surface area contributed by atoms with E-state index in [1.54, 1.807) is 11.5 Å². The van der Waals surface area contributed by atoms with Crippen molar-refractivity contribution in [3.05, 3.63) is 24.3 Å². The Bertz CT molecular complexity index is 941. The van der Waals surface area contributed by atoms with Crippen molar-refractivity contribution < 1.29 is 9.59 Å². The summed E-state index contributed by atoms with van der Waals surface area (Å²) in [5.41, 5.74) is 0. The van der Waals surface area contributed by atoms with Crippen molar-refractivity contribution in [1.29, 1.82) is 0 Å². The number of fused-ring (bicyclic) bond motifs is 2. The number of nitrogens with zero attached hydrogens (tertiary/aromatic N) is 5. The topological polar surface area (TPSA) is 72.0 Å². The molecule has 9 heteroatoms. The number of unbranched alkanes of at least 4 members (excludes halogenated alkanes) is 1. The van der Waals surface area contributed by atoms with Crippen LogP contribution in [0.3, 0.4) is 0 Å². The van der Waals surface area contributed by atoms with E-state index in [4.69, 9.17) is 0 Å². The highest BCUT2D eigenvalue weighted by Gasteiger charge is 2.39. The van der Waals surface area contributed by atoms with Gasteiger partial charge < -0.3 is 15.1 Å². The van der Waals surface area contributed by atoms with Crippen LogP contribution in [0.1, 0.15) is 19.3 Å². The van der Waals surface area contributed by atoms with Gasteiger partial charge in [-0.05, 0) is 43.1 Å². The minimum Gasteiger partial charge on any atom is -0.353 e. The lowest BCUT2D eigenvalue weighted by Gasteiger charge is -2.43. The van der Waals surface area contributed by atoms with Gasteiger partial charge >= 0.3 is 6.03 Å². The zero-order chi connectivity index (χ0) is 21.2. The van der Waals surface area contributed by atoms with Gasteiger partial charge in [0.15, 0.2) is 0 Å². The number of carbonyl (C=O) groups excluding carboxylic acids is 2. The van der Waals surface area contributed by atoms with Crippen LogP contribution in [0.15, 0.2) is 24.3 Å². The number of carbonyl (C=O) groups is 2. The third-order valence-electron chi connectivity index (χ3n) is 6.67. The van der Waals surface area contributed by atoms with Gasteiger partial charge in [-0.3, -0.25) is 14.6 Å². The van der Waals surface area contributed by atoms with Gasteiger partial charge in [0, 0.05) is 64.2 Å². The molecule has 3 saturated heterocycles. The van der Waals surface area contributed by atoms with E-state index in [0.29, 0.717) is 19.5 Å². The summed E-state index contributed by atoms with van der Waals surface area (Å²) in [5, 5.41) is 4.53. The molecule has 0 aliphatic carbocycles. The van der Waals surface area contributed by atoms with Gasteiger partial charge in [-0.2, -0.15) is 4.37 Å². The molecular formula is C22H30N6O2S. The molecule has 8 nitrogen and oxygen atoms in total. The predicted molar refractivity (Wildman–Crippen MR) is 123 cm³/mol. The second kappa shape index (κ2) is 9.10. The lowest BCUT2D eigenvalue weighted by atomic mass is 10.1. The molecule has 3 amide bonds. The normalized spacial score (nSPS) is 23.0. The van der Waals surface area contributed by atoms with E-state index in [1.165, 1.54) is 15.0 Å². The van der Waals surface area contributed by atoms with Crippen molar-refractivity contribution in [3.8, 4) is 0 Å². The van der Waals surface area contributed by atoms with Crippen LogP contribution in [0.25, 0.3) is 10.1 Å². The first-order chi connectivity index (χ1) is 15.2. The van der Waals surface area contributed by atoms with Gasteiger partial charge in [0.1, 0.15) is 5.82 Å². The molecule has 0 radical (unpaired) electrons. The monoisotopic (exact) mass is 442 g/mol. The Morgan fingerprint density at radius 3 is 2.71 bits per heavy atom. The fourth-order valence-corrected chi connectivity index (χ4v) is 5.67. The molecule has 1 unspecified atom stereocenters. The van der Waals surface area contributed by atoms with E-state index in [9.17, 15) is 9.59 Å². The summed E-state index contributed by atoms with van der Waals surface area (Å²) in [7, 11) is 0. The van der Waals surface area contributed by atoms with Gasteiger partial charge in [0.2, 0.25) is 5.91 Å². The average Bonchev–Trinajstić information content (AvgIpc) is 3.23. The third kappa shape index (κ3) is 4.26. The van der Waals surface area contributed by atoms with Gasteiger partial charge in [0.05, 0.1) is 10.7 Å². The summed E-state index contributed by atoms with van der Waals surface area (Å²) in [6, 6.07) is 8.38. The lowest BCUT2D eigenvalue weighted by Crippen LogP contribution is -2.63. The Hall–Kier alpha value is -2.23. The second-order valence-electron chi connectivity index (χ2n) is 8.62. The number of piperazine rings is 2. The first kappa shape index (κ1) is 20.7. The fraction of sp³-hybridized carbons (Fsp3) is 0.591. The van der Waals surface area contributed by atoms with Crippen LogP contribution in [0.5, 0.6) is 0 Å². The maximum atomic E-state index is 12.7. The number of benzene rings is 1. The number of amides is 3. The van der Waals surface area contributed by atoms with Crippen molar-refractivity contribution in [2.24, 2.45) is 0 Å². The van der Waals surface area contributed by atoms with Gasteiger partial charge in [-0.15, -0.1) is 0 Å². The maximum absolute atomic E-state index is 12.7. The van der Waals surface area contributed by atoms with Crippen molar-refractivity contribution in [1.82, 2.24) is 24.4 Å². The van der Waals surface area contributed by atoms with E-state index < -0.39 is 0 Å². The van der Waals surface area contributed by atoms with E-state index in [2.05, 4.69) is 43.8 Å². The first-order valence-corrected chi connectivity index (χ1v) is 12.1. The van der Waals surface area contributed by atoms with Gasteiger partial charge in [-0.25, -0.2) is 4.79 Å². The molecular weight excluding hydrogens is 412 g/mol. The molecule has 1 aromatic carbocycles. The van der Waals surface area contributed by atoms with E-state index in [1.807, 2.05) is 4.90 Å². The molecule has 5 rings (SSSR count). The number of urea groups is 1. The van der Waals surface area contributed by atoms with Crippen molar-refractivity contribution in [3.63, 3.8) is 0 Å². The molecule has 166 valence electrons. The number of nitrogens with one attached hydrogen (secondary N) is 1. The van der Waals surface area contributed by atoms with Gasteiger partial charge in [0.25, 0.3) is 0 Å². The molecule has 3 aliphatic rings. The molecule has 0 saturated carbocycles. The Balaban J connectivity index is 1.06. The summed E-state index contributed by atoms with van der Waals surface area (Å²) in [4.78, 5) is 33.3. The molecule has 3 aliphatic heterocycles. The molecule has 1 atom stereocenters. The largest absolute Gasteiger partial charge is 0.353 e. The molecule has 31 heavy (non-hydrogen) atoms. The summed E-state index contributed by atoms with van der Waals surface area (Å²) in [5.74, 6) is 1.10. The van der Waals surface area contributed by atoms with E-state index >= 15 is 0 Å². The van der Waals surface area contributed by atoms with Crippen LogP contribution in [-0.2, 0) is 4.79 Å². The highest BCUT2D eigenvalue weighted by molar-refractivity contribution is 7.13. The highest BCUT2D eigenvalue weighted by Crippen LogP contribution is 2.29. The first-order valence-electron chi connectivity index (χ1n) is 11.3. The number of imide groups is 1. The summed E-state index contributed by atoms with van der Waals surface area (Å²) in [6.45, 7) is 7.82. The molecule has 1 aromatic heterocycles. The smallest absolute Gasteiger partial charge is 0.327 e. The molecule has 0 spiro atoms. The summed E-state index contributed by atoms with van der Waals surface area (Å²) < 4.78 is 5.93. The zero-order valence-electron chi connectivity index (χ0n) is 17.8. The zero-order valence-corrected chi connectivity index (χ0v) is 18.6. The number of anilines is 1. The predicted octanol–water partition coefficient (Wildman–Crippen LogP) is 1.82. The Labute approximate surface area is 186 Å². The SMILES string of the molecule is O=C1CC2CNCCN2C(=O)N1CCCCN1CCN(c2nsc3ccccc23)CC1. The molecule has 4 heterocycles. The second-order valence-corrected chi connectivity index (χ2v) is 9.43. The standard InChI is InChI=1S/C22H30N6O2S/c29-20-15-17-16-23-7-10-27(17)22(30)28(20)9-4-3-8-25-11-13-26(14-12-25)21-18-5-1-2-6-19(18)31-24-21/h1-2,5-6,17,23H,3-4,7-16H2. The quantitative estimate of drug-likeness (QED) is 0.688. The summed E-state index contributed by atoms with van der Waals surface area (Å²) in [6.07, 6.45) is 2.32. The van der Waals surface area contributed by atoms with Crippen molar-refractivity contribution in [2.75, 3.05) is 63.8 Å². The van der Waals surface area contributed by atoms with Crippen molar-refractivity contribution >= 4 is 39.4 Å². The summed E-state index contributed by atoms with van der Waals surface area (Å²) >= 11 is 1.57. The van der Waals surface area contributed by atoms with Crippen LogP contribution in [-0.4, -0.2) is 96.0 Å². The average molecular weight is 443 g/mol. The molecule has 0 bridgehead atoms. The maximum Gasteiger partial charge on any atom is 0.327 e. The van der Waals surface area contributed by atoms with E-state index in [-0.39, 0.29) is 18.0 Å². The van der Waals surface area contributed by atoms with Crippen LogP contribution in [0.4, 0.5) is 10.6 Å².